The summed E-state index contributed by atoms with van der Waals surface area (Å²) in [6.07, 6.45) is 0.790. The molecule has 0 bridgehead atoms. The van der Waals surface area contributed by atoms with Gasteiger partial charge < -0.3 is 16.1 Å². The Balaban J connectivity index is 1.62. The van der Waals surface area contributed by atoms with Crippen LogP contribution < -0.4 is 37.9 Å². The largest absolute Gasteiger partial charge is 0.373 e. The van der Waals surface area contributed by atoms with Gasteiger partial charge in [-0.25, -0.2) is 0 Å². The third-order valence-electron chi connectivity index (χ3n) is 4.55. The molecule has 7 nitrogen and oxygen atoms in total. The van der Waals surface area contributed by atoms with E-state index in [-0.39, 0.29) is 6.04 Å². The number of fused-ring (bicyclic) bond motifs is 1. The standard InChI is InChI=1S/C19H19N5O2/c1-2-12(11-7-4-3-5-8-11)20-16-17(19(26)18(16)25)21-13-9-6-10-14-15(13)23-24-22-14/h3-10,12,20-24H,2H2,1H3/t12-/m1/s1. The van der Waals surface area contributed by atoms with Crippen LogP contribution in [0.5, 0.6) is 0 Å². The van der Waals surface area contributed by atoms with E-state index in [4.69, 9.17) is 0 Å². The summed E-state index contributed by atoms with van der Waals surface area (Å²) in [7, 11) is 0. The minimum atomic E-state index is -0.507. The predicted molar refractivity (Wildman–Crippen MR) is 105 cm³/mol. The van der Waals surface area contributed by atoms with Crippen molar-refractivity contribution in [2.24, 2.45) is 0 Å². The van der Waals surface area contributed by atoms with Gasteiger partial charge >= 0.3 is 0 Å². The van der Waals surface area contributed by atoms with Crippen LogP contribution in [0, 0.1) is 0 Å². The van der Waals surface area contributed by atoms with Crippen LogP contribution in [-0.4, -0.2) is 0 Å². The van der Waals surface area contributed by atoms with Crippen LogP contribution in [0.4, 0.5) is 28.4 Å². The van der Waals surface area contributed by atoms with E-state index in [1.165, 1.54) is 0 Å². The van der Waals surface area contributed by atoms with E-state index in [1.54, 1.807) is 0 Å². The van der Waals surface area contributed by atoms with E-state index < -0.39 is 10.9 Å². The molecule has 0 amide bonds. The lowest BCUT2D eigenvalue weighted by atomic mass is 10.0. The van der Waals surface area contributed by atoms with Gasteiger partial charge in [-0.15, -0.1) is 5.53 Å². The predicted octanol–water partition coefficient (Wildman–Crippen LogP) is 2.85. The molecule has 3 aromatic carbocycles. The lowest BCUT2D eigenvalue weighted by Crippen LogP contribution is -2.37. The summed E-state index contributed by atoms with van der Waals surface area (Å²) in [6.45, 7) is 2.04. The van der Waals surface area contributed by atoms with Crippen LogP contribution in [0.3, 0.4) is 0 Å². The zero-order chi connectivity index (χ0) is 18.1. The Morgan fingerprint density at radius 3 is 2.46 bits per heavy atom. The number of hydrogen-bond acceptors (Lipinski definition) is 7. The molecule has 0 radical (unpaired) electrons. The van der Waals surface area contributed by atoms with Gasteiger partial charge in [0.1, 0.15) is 11.4 Å². The molecular formula is C19H19N5O2. The first-order valence-electron chi connectivity index (χ1n) is 8.51. The van der Waals surface area contributed by atoms with Gasteiger partial charge in [-0.05, 0) is 24.1 Å². The second-order valence-corrected chi connectivity index (χ2v) is 6.15. The number of benzene rings is 2. The lowest BCUT2D eigenvalue weighted by molar-refractivity contribution is 0.747. The number of anilines is 5. The van der Waals surface area contributed by atoms with E-state index in [1.807, 2.05) is 55.5 Å². The summed E-state index contributed by atoms with van der Waals surface area (Å²) in [5.74, 6) is 0. The summed E-state index contributed by atoms with van der Waals surface area (Å²) in [4.78, 5) is 24.2. The maximum Gasteiger partial charge on any atom is 0.253 e. The van der Waals surface area contributed by atoms with Crippen molar-refractivity contribution in [3.05, 3.63) is 74.5 Å². The summed E-state index contributed by atoms with van der Waals surface area (Å²) in [5, 5.41) is 6.33. The van der Waals surface area contributed by atoms with Crippen molar-refractivity contribution in [3.8, 4) is 0 Å². The van der Waals surface area contributed by atoms with Gasteiger partial charge in [0.25, 0.3) is 10.9 Å². The average molecular weight is 349 g/mol. The third kappa shape index (κ3) is 2.68. The summed E-state index contributed by atoms with van der Waals surface area (Å²) in [5.41, 5.74) is 11.8. The zero-order valence-electron chi connectivity index (χ0n) is 14.2. The fourth-order valence-electron chi connectivity index (χ4n) is 3.12. The van der Waals surface area contributed by atoms with Gasteiger partial charge in [-0.3, -0.25) is 15.0 Å². The molecule has 0 aliphatic carbocycles. The first-order valence-corrected chi connectivity index (χ1v) is 8.51. The number of rotatable bonds is 6. The van der Waals surface area contributed by atoms with E-state index >= 15 is 0 Å². The van der Waals surface area contributed by atoms with Crippen molar-refractivity contribution in [1.82, 2.24) is 5.53 Å². The third-order valence-corrected chi connectivity index (χ3v) is 4.55. The number of hydrazine groups is 2. The molecule has 0 unspecified atom stereocenters. The van der Waals surface area contributed by atoms with E-state index in [9.17, 15) is 9.59 Å². The molecule has 0 fully saturated rings. The quantitative estimate of drug-likeness (QED) is 0.437. The fourth-order valence-corrected chi connectivity index (χ4v) is 3.12. The van der Waals surface area contributed by atoms with Gasteiger partial charge in [0.05, 0.1) is 23.1 Å². The Labute approximate surface area is 150 Å². The lowest BCUT2D eigenvalue weighted by Gasteiger charge is -2.22. The van der Waals surface area contributed by atoms with Crippen molar-refractivity contribution >= 4 is 28.4 Å². The Kier molecular flexibility index (Phi) is 4.06. The maximum absolute atomic E-state index is 12.1. The molecule has 132 valence electrons. The van der Waals surface area contributed by atoms with Crippen molar-refractivity contribution in [2.45, 2.75) is 19.4 Å². The molecule has 5 N–H and O–H groups in total. The minimum Gasteiger partial charge on any atom is -0.373 e. The molecule has 1 aliphatic heterocycles. The van der Waals surface area contributed by atoms with Gasteiger partial charge in [-0.2, -0.15) is 0 Å². The van der Waals surface area contributed by atoms with Crippen molar-refractivity contribution in [3.63, 3.8) is 0 Å². The highest BCUT2D eigenvalue weighted by Gasteiger charge is 2.25. The molecule has 0 spiro atoms. The second kappa shape index (κ2) is 6.53. The first-order chi connectivity index (χ1) is 12.7. The van der Waals surface area contributed by atoms with E-state index in [0.29, 0.717) is 17.1 Å². The summed E-state index contributed by atoms with van der Waals surface area (Å²) < 4.78 is 0. The highest BCUT2D eigenvalue weighted by Crippen LogP contribution is 2.35. The Hall–Kier alpha value is -3.32. The monoisotopic (exact) mass is 349 g/mol. The minimum absolute atomic E-state index is 0.0389. The van der Waals surface area contributed by atoms with Crippen LogP contribution in [-0.2, 0) is 0 Å². The normalized spacial score (nSPS) is 13.6. The topological polar surface area (TPSA) is 94.3 Å². The van der Waals surface area contributed by atoms with E-state index in [0.717, 1.165) is 23.4 Å². The van der Waals surface area contributed by atoms with Crippen LogP contribution >= 0.6 is 0 Å². The summed E-state index contributed by atoms with van der Waals surface area (Å²) >= 11 is 0. The number of para-hydroxylation sites is 1. The smallest absolute Gasteiger partial charge is 0.253 e. The van der Waals surface area contributed by atoms with E-state index in [2.05, 4.69) is 27.0 Å². The zero-order valence-corrected chi connectivity index (χ0v) is 14.2. The van der Waals surface area contributed by atoms with Crippen LogP contribution in [0.25, 0.3) is 0 Å². The molecule has 0 saturated carbocycles. The van der Waals surface area contributed by atoms with Gasteiger partial charge in [0.15, 0.2) is 0 Å². The molecule has 4 rings (SSSR count). The van der Waals surface area contributed by atoms with Crippen molar-refractivity contribution in [2.75, 3.05) is 21.5 Å². The maximum atomic E-state index is 12.1. The van der Waals surface area contributed by atoms with Gasteiger partial charge in [-0.1, -0.05) is 43.3 Å². The van der Waals surface area contributed by atoms with Crippen LogP contribution in [0.1, 0.15) is 24.9 Å². The number of nitrogens with one attached hydrogen (secondary N) is 5. The van der Waals surface area contributed by atoms with Crippen molar-refractivity contribution in [1.29, 1.82) is 0 Å². The number of hydrogen-bond donors (Lipinski definition) is 5. The molecule has 1 atom stereocenters. The highest BCUT2D eigenvalue weighted by molar-refractivity contribution is 5.89. The molecule has 1 heterocycles. The van der Waals surface area contributed by atoms with Gasteiger partial charge in [0.2, 0.25) is 0 Å². The molecular weight excluding hydrogens is 330 g/mol. The Morgan fingerprint density at radius 2 is 1.69 bits per heavy atom. The highest BCUT2D eigenvalue weighted by atomic mass is 16.2. The molecule has 3 aromatic rings. The molecule has 26 heavy (non-hydrogen) atoms. The first kappa shape index (κ1) is 16.2. The summed E-state index contributed by atoms with van der Waals surface area (Å²) in [6, 6.07) is 15.4. The fraction of sp³-hybridized carbons (Fsp3) is 0.158. The SMILES string of the molecule is CC[C@@H](Nc1c(Nc2cccc3c2NNN3)c(=O)c1=O)c1ccccc1. The van der Waals surface area contributed by atoms with Crippen molar-refractivity contribution < 1.29 is 0 Å². The van der Waals surface area contributed by atoms with Crippen LogP contribution in [0.15, 0.2) is 58.1 Å². The molecule has 0 saturated heterocycles. The second-order valence-electron chi connectivity index (χ2n) is 6.15. The average Bonchev–Trinajstić information content (AvgIpc) is 3.17. The Morgan fingerprint density at radius 1 is 0.923 bits per heavy atom. The molecule has 1 aliphatic rings. The molecule has 0 aromatic heterocycles. The van der Waals surface area contributed by atoms with Crippen LogP contribution in [0.2, 0.25) is 0 Å². The van der Waals surface area contributed by atoms with Gasteiger partial charge in [0, 0.05) is 0 Å². The molecule has 7 heteroatoms. The Bertz CT molecular complexity index is 1010.